The molecule has 0 aliphatic heterocycles. The third-order valence-corrected chi connectivity index (χ3v) is 5.75. The van der Waals surface area contributed by atoms with Crippen LogP contribution in [0.2, 0.25) is 10.0 Å². The highest BCUT2D eigenvalue weighted by Gasteiger charge is 2.21. The highest BCUT2D eigenvalue weighted by atomic mass is 35.5. The molecule has 32 heavy (non-hydrogen) atoms. The Morgan fingerprint density at radius 3 is 2.56 bits per heavy atom. The number of hydrogen-bond acceptors (Lipinski definition) is 5. The molecule has 3 aromatic rings. The van der Waals surface area contributed by atoms with Gasteiger partial charge in [0.2, 0.25) is 5.89 Å². The molecule has 0 saturated carbocycles. The van der Waals surface area contributed by atoms with Crippen LogP contribution in [-0.4, -0.2) is 34.9 Å². The van der Waals surface area contributed by atoms with Gasteiger partial charge in [-0.1, -0.05) is 49.2 Å². The summed E-state index contributed by atoms with van der Waals surface area (Å²) in [5, 5.41) is 1.28. The lowest BCUT2D eigenvalue weighted by Gasteiger charge is -2.16. The zero-order valence-electron chi connectivity index (χ0n) is 18.3. The first-order valence-electron chi connectivity index (χ1n) is 10.1. The summed E-state index contributed by atoms with van der Waals surface area (Å²) >= 11 is 17.5. The molecular formula is C24H24Cl2N2O3S. The van der Waals surface area contributed by atoms with Gasteiger partial charge < -0.3 is 14.1 Å². The van der Waals surface area contributed by atoms with E-state index in [9.17, 15) is 4.79 Å². The third-order valence-electron chi connectivity index (χ3n) is 4.75. The number of nitrogens with zero attached hydrogens (tertiary/aromatic N) is 2. The Morgan fingerprint density at radius 1 is 1.19 bits per heavy atom. The van der Waals surface area contributed by atoms with E-state index < -0.39 is 0 Å². The molecule has 0 atom stereocenters. The zero-order valence-corrected chi connectivity index (χ0v) is 20.6. The molecule has 0 unspecified atom stereocenters. The van der Waals surface area contributed by atoms with Crippen molar-refractivity contribution in [2.75, 3.05) is 14.1 Å². The molecule has 0 bridgehead atoms. The molecular weight excluding hydrogens is 467 g/mol. The van der Waals surface area contributed by atoms with Crippen molar-refractivity contribution in [1.29, 1.82) is 0 Å². The van der Waals surface area contributed by atoms with Gasteiger partial charge >= 0.3 is 0 Å². The van der Waals surface area contributed by atoms with Gasteiger partial charge in [-0.3, -0.25) is 4.79 Å². The Hall–Kier alpha value is -2.41. The summed E-state index contributed by atoms with van der Waals surface area (Å²) < 4.78 is 11.7. The van der Waals surface area contributed by atoms with Gasteiger partial charge in [-0.2, -0.15) is 0 Å². The smallest absolute Gasteiger partial charge is 0.264 e. The molecule has 0 saturated heterocycles. The second-order valence-electron chi connectivity index (χ2n) is 7.79. The minimum Gasteiger partial charge on any atom is -0.441 e. The summed E-state index contributed by atoms with van der Waals surface area (Å²) in [4.78, 5) is 19.3. The molecule has 0 fully saturated rings. The summed E-state index contributed by atoms with van der Waals surface area (Å²) in [6.45, 7) is 4.04. The van der Waals surface area contributed by atoms with Crippen molar-refractivity contribution in [2.45, 2.75) is 32.6 Å². The Labute approximate surface area is 203 Å². The molecule has 0 N–H and O–H groups in total. The normalized spacial score (nSPS) is 11.0. The minimum absolute atomic E-state index is 0.0639. The van der Waals surface area contributed by atoms with Crippen molar-refractivity contribution in [3.05, 3.63) is 69.5 Å². The van der Waals surface area contributed by atoms with Crippen molar-refractivity contribution >= 4 is 46.4 Å². The number of aromatic nitrogens is 1. The van der Waals surface area contributed by atoms with Gasteiger partial charge in [-0.05, 0) is 42.5 Å². The molecule has 2 aromatic carbocycles. The number of rotatable bonds is 7. The van der Waals surface area contributed by atoms with Crippen LogP contribution < -0.4 is 4.74 Å². The number of aryl methyl sites for hydroxylation is 1. The van der Waals surface area contributed by atoms with Crippen LogP contribution in [0.15, 0.2) is 46.9 Å². The molecule has 1 aromatic heterocycles. The van der Waals surface area contributed by atoms with Crippen LogP contribution in [0, 0.1) is 0 Å². The number of halogens is 2. The van der Waals surface area contributed by atoms with Crippen molar-refractivity contribution in [3.8, 4) is 17.2 Å². The maximum absolute atomic E-state index is 13.0. The van der Waals surface area contributed by atoms with E-state index in [1.807, 2.05) is 13.8 Å². The average Bonchev–Trinajstić information content (AvgIpc) is 3.16. The zero-order chi connectivity index (χ0) is 23.4. The molecule has 168 valence electrons. The lowest BCUT2D eigenvalue weighted by molar-refractivity contribution is 0.0980. The van der Waals surface area contributed by atoms with Crippen LogP contribution in [0.4, 0.5) is 0 Å². The molecule has 0 radical (unpaired) electrons. The molecule has 5 nitrogen and oxygen atoms in total. The van der Waals surface area contributed by atoms with Crippen LogP contribution in [0.5, 0.6) is 5.75 Å². The first-order chi connectivity index (χ1) is 15.2. The van der Waals surface area contributed by atoms with Crippen LogP contribution in [0.3, 0.4) is 0 Å². The van der Waals surface area contributed by atoms with Gasteiger partial charge in [0.25, 0.3) is 5.17 Å². The van der Waals surface area contributed by atoms with E-state index in [0.717, 1.165) is 11.5 Å². The lowest BCUT2D eigenvalue weighted by atomic mass is 10.0. The summed E-state index contributed by atoms with van der Waals surface area (Å²) in [6.07, 6.45) is 0.669. The Bertz CT molecular complexity index is 1140. The largest absolute Gasteiger partial charge is 0.441 e. The van der Waals surface area contributed by atoms with E-state index in [1.54, 1.807) is 61.5 Å². The Morgan fingerprint density at radius 2 is 1.91 bits per heavy atom. The number of carbonyl (C=O) groups is 1. The Balaban J connectivity index is 1.82. The van der Waals surface area contributed by atoms with Gasteiger partial charge in [0.1, 0.15) is 11.5 Å². The first kappa shape index (κ1) is 24.2. The predicted octanol–water partition coefficient (Wildman–Crippen LogP) is 6.81. The number of oxazole rings is 1. The summed E-state index contributed by atoms with van der Waals surface area (Å²) in [6, 6.07) is 12.2. The number of para-hydroxylation sites is 1. The molecule has 0 aliphatic rings. The van der Waals surface area contributed by atoms with Crippen LogP contribution in [0.1, 0.15) is 48.0 Å². The topological polar surface area (TPSA) is 55.6 Å². The number of hydrogen-bond donors (Lipinski definition) is 0. The SMILES string of the molecule is CC(C)c1oc(-c2ccc(Cl)cc2Cl)nc1CCC(=O)c1ccccc1OC(=S)N(C)C. The third kappa shape index (κ3) is 5.68. The van der Waals surface area contributed by atoms with Crippen LogP contribution in [0.25, 0.3) is 11.5 Å². The Kier molecular flexibility index (Phi) is 7.93. The molecule has 0 aliphatic carbocycles. The highest BCUT2D eigenvalue weighted by molar-refractivity contribution is 7.80. The van der Waals surface area contributed by atoms with Gasteiger partial charge in [-0.25, -0.2) is 4.98 Å². The second-order valence-corrected chi connectivity index (χ2v) is 8.98. The quantitative estimate of drug-likeness (QED) is 0.267. The van der Waals surface area contributed by atoms with E-state index >= 15 is 0 Å². The number of carbonyl (C=O) groups excluding carboxylic acids is 1. The van der Waals surface area contributed by atoms with Gasteiger partial charge in [0.05, 0.1) is 21.8 Å². The first-order valence-corrected chi connectivity index (χ1v) is 11.3. The van der Waals surface area contributed by atoms with Gasteiger partial charge in [-0.15, -0.1) is 0 Å². The van der Waals surface area contributed by atoms with Crippen molar-refractivity contribution in [3.63, 3.8) is 0 Å². The number of ketones is 1. The lowest BCUT2D eigenvalue weighted by Crippen LogP contribution is -2.25. The van der Waals surface area contributed by atoms with E-state index in [1.165, 1.54) is 0 Å². The summed E-state index contributed by atoms with van der Waals surface area (Å²) in [7, 11) is 3.57. The van der Waals surface area contributed by atoms with Crippen molar-refractivity contribution in [2.24, 2.45) is 0 Å². The van der Waals surface area contributed by atoms with E-state index in [-0.39, 0.29) is 23.3 Å². The maximum atomic E-state index is 13.0. The molecule has 0 amide bonds. The average molecular weight is 491 g/mol. The monoisotopic (exact) mass is 490 g/mol. The number of benzene rings is 2. The molecule has 1 heterocycles. The van der Waals surface area contributed by atoms with Gasteiger partial charge in [0, 0.05) is 37.9 Å². The highest BCUT2D eigenvalue weighted by Crippen LogP contribution is 2.33. The fraction of sp³-hybridized carbons (Fsp3) is 0.292. The van der Waals surface area contributed by atoms with E-state index in [0.29, 0.717) is 39.2 Å². The molecule has 3 rings (SSSR count). The standard InChI is InChI=1S/C24H24Cl2N2O3S/c1-14(2)22-19(27-23(31-22)16-10-9-15(25)13-18(16)26)11-12-20(29)17-7-5-6-8-21(17)30-24(32)28(3)4/h5-10,13-14H,11-12H2,1-4H3. The number of thiocarbonyl (C=S) groups is 1. The summed E-state index contributed by atoms with van der Waals surface area (Å²) in [5.74, 6) is 1.62. The van der Waals surface area contributed by atoms with Crippen LogP contribution in [-0.2, 0) is 6.42 Å². The second kappa shape index (κ2) is 10.5. The summed E-state index contributed by atoms with van der Waals surface area (Å²) in [5.41, 5.74) is 1.87. The fourth-order valence-corrected chi connectivity index (χ4v) is 3.69. The maximum Gasteiger partial charge on any atom is 0.264 e. The molecule has 0 spiro atoms. The minimum atomic E-state index is -0.0639. The van der Waals surface area contributed by atoms with Gasteiger partial charge in [0.15, 0.2) is 5.78 Å². The van der Waals surface area contributed by atoms with E-state index in [2.05, 4.69) is 4.98 Å². The number of ether oxygens (including phenoxy) is 1. The van der Waals surface area contributed by atoms with Crippen molar-refractivity contribution in [1.82, 2.24) is 9.88 Å². The number of Topliss-reactive ketones (excluding diaryl/α,β-unsaturated/α-hetero) is 1. The van der Waals surface area contributed by atoms with Crippen LogP contribution >= 0.6 is 35.4 Å². The predicted molar refractivity (Wildman–Crippen MR) is 132 cm³/mol. The van der Waals surface area contributed by atoms with E-state index in [4.69, 9.17) is 44.6 Å². The fourth-order valence-electron chi connectivity index (χ4n) is 3.11. The molecule has 8 heteroatoms. The van der Waals surface area contributed by atoms with Crippen molar-refractivity contribution < 1.29 is 13.9 Å².